The number of thiophene rings is 1. The van der Waals surface area contributed by atoms with Crippen LogP contribution in [0.4, 0.5) is 0 Å². The Morgan fingerprint density at radius 1 is 1.47 bits per heavy atom. The predicted octanol–water partition coefficient (Wildman–Crippen LogP) is 1.68. The molecule has 0 saturated carbocycles. The molecule has 0 bridgehead atoms. The van der Waals surface area contributed by atoms with Crippen LogP contribution in [0.25, 0.3) is 0 Å². The number of piperidine rings is 1. The third-order valence-corrected chi connectivity index (χ3v) is 6.67. The Labute approximate surface area is 114 Å². The van der Waals surface area contributed by atoms with E-state index in [9.17, 15) is 8.42 Å². The van der Waals surface area contributed by atoms with Gasteiger partial charge in [0.05, 0.1) is 5.25 Å². The van der Waals surface area contributed by atoms with Crippen LogP contribution in [0.5, 0.6) is 0 Å². The van der Waals surface area contributed by atoms with Crippen LogP contribution < -0.4 is 10.0 Å². The molecule has 0 spiro atoms. The van der Waals surface area contributed by atoms with Crippen molar-refractivity contribution in [3.63, 3.8) is 0 Å². The maximum Gasteiger partial charge on any atom is 0.214 e. The highest BCUT2D eigenvalue weighted by Crippen LogP contribution is 2.23. The molecule has 1 saturated heterocycles. The zero-order chi connectivity index (χ0) is 12.3. The van der Waals surface area contributed by atoms with E-state index in [1.807, 2.05) is 11.4 Å². The summed E-state index contributed by atoms with van der Waals surface area (Å²) in [6, 6.07) is 1.93. The van der Waals surface area contributed by atoms with Crippen LogP contribution in [-0.2, 0) is 16.6 Å². The lowest BCUT2D eigenvalue weighted by molar-refractivity contribution is 0.489. The molecule has 1 aliphatic rings. The fourth-order valence-corrected chi connectivity index (χ4v) is 4.80. The molecule has 2 heterocycles. The van der Waals surface area contributed by atoms with Gasteiger partial charge in [0.2, 0.25) is 10.0 Å². The van der Waals surface area contributed by atoms with Crippen LogP contribution in [0.1, 0.15) is 17.7 Å². The number of rotatable bonds is 4. The van der Waals surface area contributed by atoms with E-state index >= 15 is 0 Å². The maximum atomic E-state index is 12.0. The topological polar surface area (TPSA) is 58.2 Å². The van der Waals surface area contributed by atoms with Crippen molar-refractivity contribution in [1.82, 2.24) is 10.0 Å². The van der Waals surface area contributed by atoms with E-state index in [2.05, 4.69) is 26.0 Å². The molecule has 0 atom stereocenters. The quantitative estimate of drug-likeness (QED) is 0.878. The summed E-state index contributed by atoms with van der Waals surface area (Å²) in [5.41, 5.74) is 0. The standard InChI is InChI=1S/C10H15BrN2O2S2/c11-9-3-6-16-10(9)7-13-17(14,15)8-1-4-12-5-2-8/h3,6,8,12-13H,1-2,4-5,7H2. The van der Waals surface area contributed by atoms with Gasteiger partial charge in [-0.1, -0.05) is 0 Å². The second kappa shape index (κ2) is 5.79. The first-order valence-corrected chi connectivity index (χ1v) is 8.72. The molecule has 7 heteroatoms. The molecule has 1 aliphatic heterocycles. The summed E-state index contributed by atoms with van der Waals surface area (Å²) in [5.74, 6) is 0. The molecule has 1 aromatic rings. The van der Waals surface area contributed by atoms with Gasteiger partial charge in [0, 0.05) is 15.9 Å². The molecular weight excluding hydrogens is 324 g/mol. The van der Waals surface area contributed by atoms with E-state index in [0.29, 0.717) is 19.4 Å². The zero-order valence-electron chi connectivity index (χ0n) is 9.28. The fraction of sp³-hybridized carbons (Fsp3) is 0.600. The summed E-state index contributed by atoms with van der Waals surface area (Å²) >= 11 is 4.95. The number of sulfonamides is 1. The number of nitrogens with one attached hydrogen (secondary N) is 2. The van der Waals surface area contributed by atoms with Crippen LogP contribution in [0.15, 0.2) is 15.9 Å². The van der Waals surface area contributed by atoms with Crippen molar-refractivity contribution >= 4 is 37.3 Å². The number of halogens is 1. The molecule has 0 amide bonds. The molecule has 2 N–H and O–H groups in total. The molecule has 96 valence electrons. The van der Waals surface area contributed by atoms with Crippen molar-refractivity contribution in [2.24, 2.45) is 0 Å². The van der Waals surface area contributed by atoms with Crippen LogP contribution in [0.3, 0.4) is 0 Å². The van der Waals surface area contributed by atoms with Crippen LogP contribution in [0.2, 0.25) is 0 Å². The van der Waals surface area contributed by atoms with Gasteiger partial charge < -0.3 is 5.32 Å². The summed E-state index contributed by atoms with van der Waals surface area (Å²) in [5, 5.41) is 4.86. The third kappa shape index (κ3) is 3.51. The van der Waals surface area contributed by atoms with E-state index in [0.717, 1.165) is 22.4 Å². The second-order valence-electron chi connectivity index (χ2n) is 4.01. The fourth-order valence-electron chi connectivity index (χ4n) is 1.84. The SMILES string of the molecule is O=S(=O)(NCc1sccc1Br)C1CCNCC1. The second-order valence-corrected chi connectivity index (χ2v) is 7.91. The largest absolute Gasteiger partial charge is 0.317 e. The lowest BCUT2D eigenvalue weighted by Crippen LogP contribution is -2.41. The van der Waals surface area contributed by atoms with Crippen molar-refractivity contribution in [3.8, 4) is 0 Å². The molecule has 1 fully saturated rings. The molecular formula is C10H15BrN2O2S2. The van der Waals surface area contributed by atoms with Crippen LogP contribution in [0, 0.1) is 0 Å². The van der Waals surface area contributed by atoms with Crippen molar-refractivity contribution in [1.29, 1.82) is 0 Å². The normalized spacial score (nSPS) is 18.4. The Morgan fingerprint density at radius 3 is 2.76 bits per heavy atom. The number of hydrogen-bond donors (Lipinski definition) is 2. The Bertz CT molecular complexity index is 466. The van der Waals surface area contributed by atoms with Gasteiger partial charge >= 0.3 is 0 Å². The summed E-state index contributed by atoms with van der Waals surface area (Å²) in [6.07, 6.45) is 1.39. The highest BCUT2D eigenvalue weighted by molar-refractivity contribution is 9.10. The highest BCUT2D eigenvalue weighted by Gasteiger charge is 2.26. The highest BCUT2D eigenvalue weighted by atomic mass is 79.9. The zero-order valence-corrected chi connectivity index (χ0v) is 12.5. The maximum absolute atomic E-state index is 12.0. The van der Waals surface area contributed by atoms with Crippen molar-refractivity contribution in [3.05, 3.63) is 20.8 Å². The minimum atomic E-state index is -3.18. The Balaban J connectivity index is 1.95. The van der Waals surface area contributed by atoms with Gasteiger partial charge in [-0.25, -0.2) is 13.1 Å². The monoisotopic (exact) mass is 338 g/mol. The first-order valence-electron chi connectivity index (χ1n) is 5.50. The van der Waals surface area contributed by atoms with Gasteiger partial charge in [0.1, 0.15) is 0 Å². The summed E-state index contributed by atoms with van der Waals surface area (Å²) < 4.78 is 27.7. The molecule has 1 aromatic heterocycles. The van der Waals surface area contributed by atoms with Crippen LogP contribution >= 0.6 is 27.3 Å². The van der Waals surface area contributed by atoms with Crippen molar-refractivity contribution < 1.29 is 8.42 Å². The van der Waals surface area contributed by atoms with Crippen molar-refractivity contribution in [2.75, 3.05) is 13.1 Å². The van der Waals surface area contributed by atoms with Gasteiger partial charge in [0.15, 0.2) is 0 Å². The number of hydrogen-bond acceptors (Lipinski definition) is 4. The van der Waals surface area contributed by atoms with E-state index in [1.54, 1.807) is 11.3 Å². The third-order valence-electron chi connectivity index (χ3n) is 2.85. The Hall–Kier alpha value is 0.0500. The molecule has 4 nitrogen and oxygen atoms in total. The van der Waals surface area contributed by atoms with E-state index in [1.165, 1.54) is 0 Å². The van der Waals surface area contributed by atoms with Gasteiger partial charge in [-0.05, 0) is 53.3 Å². The molecule has 2 rings (SSSR count). The lowest BCUT2D eigenvalue weighted by atomic mass is 10.2. The Morgan fingerprint density at radius 2 is 2.18 bits per heavy atom. The predicted molar refractivity (Wildman–Crippen MR) is 73.7 cm³/mol. The van der Waals surface area contributed by atoms with Gasteiger partial charge in [0.25, 0.3) is 0 Å². The molecule has 0 aromatic carbocycles. The lowest BCUT2D eigenvalue weighted by Gasteiger charge is -2.22. The molecule has 17 heavy (non-hydrogen) atoms. The van der Waals surface area contributed by atoms with Gasteiger partial charge in [-0.15, -0.1) is 11.3 Å². The van der Waals surface area contributed by atoms with E-state index < -0.39 is 10.0 Å². The van der Waals surface area contributed by atoms with Gasteiger partial charge in [-0.3, -0.25) is 0 Å². The minimum absolute atomic E-state index is 0.248. The minimum Gasteiger partial charge on any atom is -0.317 e. The van der Waals surface area contributed by atoms with Crippen molar-refractivity contribution in [2.45, 2.75) is 24.6 Å². The van der Waals surface area contributed by atoms with E-state index in [4.69, 9.17) is 0 Å². The summed E-state index contributed by atoms with van der Waals surface area (Å²) in [6.45, 7) is 1.95. The molecule has 0 radical (unpaired) electrons. The first kappa shape index (κ1) is 13.5. The molecule has 0 unspecified atom stereocenters. The van der Waals surface area contributed by atoms with Crippen LogP contribution in [-0.4, -0.2) is 26.8 Å². The summed E-state index contributed by atoms with van der Waals surface area (Å²) in [4.78, 5) is 1.02. The average molecular weight is 339 g/mol. The summed E-state index contributed by atoms with van der Waals surface area (Å²) in [7, 11) is -3.18. The molecule has 0 aliphatic carbocycles. The van der Waals surface area contributed by atoms with E-state index in [-0.39, 0.29) is 5.25 Å². The smallest absolute Gasteiger partial charge is 0.214 e. The Kier molecular flexibility index (Phi) is 4.59. The average Bonchev–Trinajstić information content (AvgIpc) is 2.74. The van der Waals surface area contributed by atoms with Gasteiger partial charge in [-0.2, -0.15) is 0 Å². The first-order chi connectivity index (χ1) is 8.09.